The average molecular weight is 441 g/mol. The molecule has 4 rings (SSSR count). The van der Waals surface area contributed by atoms with Crippen LogP contribution in [0.5, 0.6) is 0 Å². The van der Waals surface area contributed by atoms with Gasteiger partial charge in [-0.1, -0.05) is 19.1 Å². The van der Waals surface area contributed by atoms with Gasteiger partial charge in [0.1, 0.15) is 5.82 Å². The molecule has 1 amide bonds. The number of nitrogens with one attached hydrogen (secondary N) is 1. The topological polar surface area (TPSA) is 84.3 Å². The van der Waals surface area contributed by atoms with Crippen molar-refractivity contribution in [3.63, 3.8) is 0 Å². The fourth-order valence-corrected chi connectivity index (χ4v) is 5.55. The van der Waals surface area contributed by atoms with Gasteiger partial charge in [0, 0.05) is 38.2 Å². The third kappa shape index (κ3) is 4.50. The van der Waals surface area contributed by atoms with Crippen molar-refractivity contribution in [1.29, 1.82) is 0 Å². The van der Waals surface area contributed by atoms with E-state index in [0.29, 0.717) is 31.6 Å². The van der Waals surface area contributed by atoms with Crippen LogP contribution in [0.2, 0.25) is 0 Å². The van der Waals surface area contributed by atoms with Crippen molar-refractivity contribution in [2.75, 3.05) is 19.6 Å². The highest BCUT2D eigenvalue weighted by Crippen LogP contribution is 2.21. The summed E-state index contributed by atoms with van der Waals surface area (Å²) in [4.78, 5) is 17.5. The number of para-hydroxylation sites is 2. The van der Waals surface area contributed by atoms with E-state index in [0.717, 1.165) is 42.7 Å². The molecule has 2 heterocycles. The molecule has 1 fully saturated rings. The quantitative estimate of drug-likeness (QED) is 0.583. The number of sulfonamides is 1. The number of rotatable bonds is 8. The van der Waals surface area contributed by atoms with E-state index in [2.05, 4.69) is 22.9 Å². The number of fused-ring (bicyclic) bond motifs is 1. The molecule has 8 heteroatoms. The summed E-state index contributed by atoms with van der Waals surface area (Å²) in [6, 6.07) is 14.2. The maximum Gasteiger partial charge on any atom is 0.251 e. The standard InChI is InChI=1S/C23H28N4O3S/c1-2-15-27-21-8-4-3-7-20(21)25-22(27)13-14-24-23(28)18-9-11-19(12-10-18)31(29,30)26-16-5-6-17-26/h3-4,7-12H,2,5-6,13-17H2,1H3,(H,24,28). The second kappa shape index (κ2) is 9.20. The molecule has 3 aromatic rings. The van der Waals surface area contributed by atoms with E-state index in [-0.39, 0.29) is 10.8 Å². The van der Waals surface area contributed by atoms with Crippen LogP contribution in [0.15, 0.2) is 53.4 Å². The first-order valence-electron chi connectivity index (χ1n) is 10.8. The number of carbonyl (C=O) groups excluding carboxylic acids is 1. The van der Waals surface area contributed by atoms with Crippen LogP contribution >= 0.6 is 0 Å². The molecule has 1 aliphatic rings. The van der Waals surface area contributed by atoms with Crippen LogP contribution in [-0.2, 0) is 23.0 Å². The molecule has 0 saturated carbocycles. The predicted octanol–water partition coefficient (Wildman–Crippen LogP) is 3.20. The van der Waals surface area contributed by atoms with Gasteiger partial charge < -0.3 is 9.88 Å². The number of amides is 1. The number of imidazole rings is 1. The number of benzene rings is 2. The summed E-state index contributed by atoms with van der Waals surface area (Å²) in [5.74, 6) is 0.735. The summed E-state index contributed by atoms with van der Waals surface area (Å²) in [6.45, 7) is 4.60. The Morgan fingerprint density at radius 3 is 2.48 bits per heavy atom. The number of nitrogens with zero attached hydrogens (tertiary/aromatic N) is 3. The second-order valence-electron chi connectivity index (χ2n) is 7.81. The fourth-order valence-electron chi connectivity index (χ4n) is 4.04. The third-order valence-electron chi connectivity index (χ3n) is 5.63. The molecule has 0 unspecified atom stereocenters. The summed E-state index contributed by atoms with van der Waals surface area (Å²) >= 11 is 0. The van der Waals surface area contributed by atoms with Gasteiger partial charge in [-0.3, -0.25) is 4.79 Å². The highest BCUT2D eigenvalue weighted by atomic mass is 32.2. The lowest BCUT2D eigenvalue weighted by Gasteiger charge is -2.15. The van der Waals surface area contributed by atoms with Gasteiger partial charge >= 0.3 is 0 Å². The lowest BCUT2D eigenvalue weighted by Crippen LogP contribution is -2.28. The van der Waals surface area contributed by atoms with Crippen molar-refractivity contribution in [2.45, 2.75) is 44.0 Å². The Hall–Kier alpha value is -2.71. The minimum Gasteiger partial charge on any atom is -0.352 e. The molecule has 2 aromatic carbocycles. The van der Waals surface area contributed by atoms with E-state index >= 15 is 0 Å². The van der Waals surface area contributed by atoms with E-state index in [1.807, 2.05) is 18.2 Å². The van der Waals surface area contributed by atoms with Crippen LogP contribution in [0.25, 0.3) is 11.0 Å². The third-order valence-corrected chi connectivity index (χ3v) is 7.55. The summed E-state index contributed by atoms with van der Waals surface area (Å²) in [5.41, 5.74) is 2.52. The number of hydrogen-bond acceptors (Lipinski definition) is 4. The summed E-state index contributed by atoms with van der Waals surface area (Å²) in [6.07, 6.45) is 3.42. The lowest BCUT2D eigenvalue weighted by atomic mass is 10.2. The monoisotopic (exact) mass is 440 g/mol. The van der Waals surface area contributed by atoms with E-state index in [4.69, 9.17) is 4.98 Å². The molecule has 1 N–H and O–H groups in total. The Kier molecular flexibility index (Phi) is 6.38. The van der Waals surface area contributed by atoms with Gasteiger partial charge in [0.2, 0.25) is 10.0 Å². The van der Waals surface area contributed by atoms with Gasteiger partial charge in [-0.15, -0.1) is 0 Å². The smallest absolute Gasteiger partial charge is 0.251 e. The highest BCUT2D eigenvalue weighted by molar-refractivity contribution is 7.89. The molecular weight excluding hydrogens is 412 g/mol. The van der Waals surface area contributed by atoms with Crippen LogP contribution in [-0.4, -0.2) is 47.8 Å². The minimum absolute atomic E-state index is 0.219. The normalized spacial score (nSPS) is 14.9. The average Bonchev–Trinajstić information content (AvgIpc) is 3.44. The van der Waals surface area contributed by atoms with Crippen LogP contribution in [0.1, 0.15) is 42.4 Å². The number of hydrogen-bond donors (Lipinski definition) is 1. The van der Waals surface area contributed by atoms with Crippen molar-refractivity contribution in [3.05, 3.63) is 59.9 Å². The Bertz CT molecular complexity index is 1160. The van der Waals surface area contributed by atoms with E-state index in [1.54, 1.807) is 12.1 Å². The zero-order chi connectivity index (χ0) is 21.8. The second-order valence-corrected chi connectivity index (χ2v) is 9.75. The summed E-state index contributed by atoms with van der Waals surface area (Å²) in [5, 5.41) is 2.92. The molecule has 0 bridgehead atoms. The molecular formula is C23H28N4O3S. The molecule has 0 radical (unpaired) electrons. The molecule has 0 atom stereocenters. The fraction of sp³-hybridized carbons (Fsp3) is 0.391. The number of carbonyl (C=O) groups is 1. The Balaban J connectivity index is 1.39. The van der Waals surface area contributed by atoms with Crippen molar-refractivity contribution >= 4 is 27.0 Å². The molecule has 31 heavy (non-hydrogen) atoms. The van der Waals surface area contributed by atoms with Gasteiger partial charge in [-0.25, -0.2) is 13.4 Å². The van der Waals surface area contributed by atoms with Crippen LogP contribution in [0.4, 0.5) is 0 Å². The lowest BCUT2D eigenvalue weighted by molar-refractivity contribution is 0.0954. The maximum atomic E-state index is 12.6. The van der Waals surface area contributed by atoms with Gasteiger partial charge in [0.15, 0.2) is 0 Å². The van der Waals surface area contributed by atoms with E-state index < -0.39 is 10.0 Å². The molecule has 1 aliphatic heterocycles. The van der Waals surface area contributed by atoms with Gasteiger partial charge in [0.05, 0.1) is 15.9 Å². The largest absolute Gasteiger partial charge is 0.352 e. The molecule has 0 aliphatic carbocycles. The SMILES string of the molecule is CCCn1c(CCNC(=O)c2ccc(S(=O)(=O)N3CCCC3)cc2)nc2ccccc21. The Morgan fingerprint density at radius 1 is 1.06 bits per heavy atom. The molecule has 164 valence electrons. The van der Waals surface area contributed by atoms with Crippen LogP contribution in [0.3, 0.4) is 0 Å². The van der Waals surface area contributed by atoms with Gasteiger partial charge in [-0.2, -0.15) is 4.31 Å². The maximum absolute atomic E-state index is 12.6. The molecule has 1 saturated heterocycles. The number of aryl methyl sites for hydroxylation is 1. The van der Waals surface area contributed by atoms with E-state index in [1.165, 1.54) is 16.4 Å². The van der Waals surface area contributed by atoms with Crippen molar-refractivity contribution in [1.82, 2.24) is 19.2 Å². The zero-order valence-electron chi connectivity index (χ0n) is 17.8. The Morgan fingerprint density at radius 2 is 1.77 bits per heavy atom. The van der Waals surface area contributed by atoms with Gasteiger partial charge in [-0.05, 0) is 55.7 Å². The van der Waals surface area contributed by atoms with Crippen molar-refractivity contribution in [3.8, 4) is 0 Å². The number of aromatic nitrogens is 2. The molecule has 1 aromatic heterocycles. The van der Waals surface area contributed by atoms with Crippen LogP contribution in [0, 0.1) is 0 Å². The van der Waals surface area contributed by atoms with E-state index in [9.17, 15) is 13.2 Å². The molecule has 0 spiro atoms. The molecule has 7 nitrogen and oxygen atoms in total. The summed E-state index contributed by atoms with van der Waals surface area (Å²) in [7, 11) is -3.47. The highest BCUT2D eigenvalue weighted by Gasteiger charge is 2.27. The van der Waals surface area contributed by atoms with Gasteiger partial charge in [0.25, 0.3) is 5.91 Å². The predicted molar refractivity (Wildman–Crippen MR) is 120 cm³/mol. The first-order chi connectivity index (χ1) is 15.0. The minimum atomic E-state index is -3.47. The summed E-state index contributed by atoms with van der Waals surface area (Å²) < 4.78 is 29.0. The zero-order valence-corrected chi connectivity index (χ0v) is 18.6. The first-order valence-corrected chi connectivity index (χ1v) is 12.3. The van der Waals surface area contributed by atoms with Crippen LogP contribution < -0.4 is 5.32 Å². The Labute approximate surface area is 183 Å². The van der Waals surface area contributed by atoms with Crippen molar-refractivity contribution < 1.29 is 13.2 Å². The van der Waals surface area contributed by atoms with Crippen molar-refractivity contribution in [2.24, 2.45) is 0 Å². The first kappa shape index (κ1) is 21.5.